The smallest absolute Gasteiger partial charge is 0.121 e. The molecule has 0 atom stereocenters. The summed E-state index contributed by atoms with van der Waals surface area (Å²) >= 11 is 0. The van der Waals surface area contributed by atoms with Crippen molar-refractivity contribution >= 4 is 17.6 Å². The topological polar surface area (TPSA) is 29.8 Å². The summed E-state index contributed by atoms with van der Waals surface area (Å²) in [4.78, 5) is 6.68. The Labute approximate surface area is 149 Å². The highest BCUT2D eigenvalue weighted by Gasteiger charge is 2.02. The van der Waals surface area contributed by atoms with E-state index in [1.54, 1.807) is 0 Å². The molecule has 3 rings (SSSR count). The lowest BCUT2D eigenvalue weighted by atomic mass is 10.2. The molecule has 0 radical (unpaired) electrons. The van der Waals surface area contributed by atoms with Gasteiger partial charge in [-0.2, -0.15) is 0 Å². The molecule has 2 aromatic carbocycles. The number of anilines is 1. The second-order valence-electron chi connectivity index (χ2n) is 5.90. The van der Waals surface area contributed by atoms with Gasteiger partial charge in [0, 0.05) is 37.7 Å². The van der Waals surface area contributed by atoms with E-state index in [1.165, 1.54) is 5.69 Å². The van der Waals surface area contributed by atoms with E-state index in [1.807, 2.05) is 63.8 Å². The molecule has 128 valence electrons. The van der Waals surface area contributed by atoms with Crippen molar-refractivity contribution in [2.75, 3.05) is 25.6 Å². The zero-order chi connectivity index (χ0) is 17.6. The van der Waals surface area contributed by atoms with E-state index in [9.17, 15) is 0 Å². The number of benzene rings is 2. The molecule has 0 aliphatic rings. The van der Waals surface area contributed by atoms with E-state index in [-0.39, 0.29) is 0 Å². The SMILES string of the molecule is CCOc1cccc(N=Cc2cccn2-c2ccc(N(C)C)cc2)c1. The molecule has 0 unspecified atom stereocenters. The number of nitrogens with zero attached hydrogens (tertiary/aromatic N) is 3. The van der Waals surface area contributed by atoms with Gasteiger partial charge in [-0.25, -0.2) is 0 Å². The number of aromatic nitrogens is 1. The Kier molecular flexibility index (Phi) is 5.19. The number of aliphatic imine (C=N–C) groups is 1. The first-order valence-corrected chi connectivity index (χ1v) is 8.39. The summed E-state index contributed by atoms with van der Waals surface area (Å²) in [5, 5.41) is 0. The highest BCUT2D eigenvalue weighted by atomic mass is 16.5. The summed E-state index contributed by atoms with van der Waals surface area (Å²) < 4.78 is 7.64. The molecule has 0 aliphatic heterocycles. The van der Waals surface area contributed by atoms with Crippen LogP contribution in [0.15, 0.2) is 71.9 Å². The second kappa shape index (κ2) is 7.71. The normalized spacial score (nSPS) is 11.0. The lowest BCUT2D eigenvalue weighted by molar-refractivity contribution is 0.340. The van der Waals surface area contributed by atoms with Crippen LogP contribution < -0.4 is 9.64 Å². The van der Waals surface area contributed by atoms with E-state index in [4.69, 9.17) is 4.74 Å². The Hall–Kier alpha value is -3.01. The summed E-state index contributed by atoms with van der Waals surface area (Å²) in [6, 6.07) is 20.3. The average Bonchev–Trinajstić information content (AvgIpc) is 3.09. The summed E-state index contributed by atoms with van der Waals surface area (Å²) in [7, 11) is 4.08. The Morgan fingerprint density at radius 3 is 2.56 bits per heavy atom. The number of rotatable bonds is 6. The van der Waals surface area contributed by atoms with Crippen molar-refractivity contribution in [1.29, 1.82) is 0 Å². The predicted octanol–water partition coefficient (Wildman–Crippen LogP) is 4.69. The van der Waals surface area contributed by atoms with Gasteiger partial charge in [-0.3, -0.25) is 4.99 Å². The van der Waals surface area contributed by atoms with Gasteiger partial charge in [0.25, 0.3) is 0 Å². The maximum absolute atomic E-state index is 5.52. The van der Waals surface area contributed by atoms with Crippen LogP contribution in [0, 0.1) is 0 Å². The fourth-order valence-electron chi connectivity index (χ4n) is 2.61. The lowest BCUT2D eigenvalue weighted by Crippen LogP contribution is -2.08. The Morgan fingerprint density at radius 2 is 1.84 bits per heavy atom. The molecule has 1 aromatic heterocycles. The van der Waals surface area contributed by atoms with Crippen molar-refractivity contribution in [2.45, 2.75) is 6.92 Å². The van der Waals surface area contributed by atoms with Crippen LogP contribution in [0.25, 0.3) is 5.69 Å². The zero-order valence-corrected chi connectivity index (χ0v) is 14.9. The van der Waals surface area contributed by atoms with Crippen LogP contribution in [-0.2, 0) is 0 Å². The molecular formula is C21H23N3O. The van der Waals surface area contributed by atoms with Gasteiger partial charge >= 0.3 is 0 Å². The second-order valence-corrected chi connectivity index (χ2v) is 5.90. The van der Waals surface area contributed by atoms with Crippen LogP contribution >= 0.6 is 0 Å². The standard InChI is InChI=1S/C21H23N3O/c1-4-25-21-9-5-7-17(15-21)22-16-20-8-6-14-24(20)19-12-10-18(11-13-19)23(2)3/h5-16H,4H2,1-3H3. The van der Waals surface area contributed by atoms with Crippen LogP contribution in [0.2, 0.25) is 0 Å². The van der Waals surface area contributed by atoms with Gasteiger partial charge in [0.15, 0.2) is 0 Å². The van der Waals surface area contributed by atoms with E-state index in [0.29, 0.717) is 6.61 Å². The monoisotopic (exact) mass is 333 g/mol. The molecule has 0 saturated heterocycles. The van der Waals surface area contributed by atoms with Gasteiger partial charge in [-0.05, 0) is 55.5 Å². The summed E-state index contributed by atoms with van der Waals surface area (Å²) in [5.74, 6) is 0.840. The number of hydrogen-bond donors (Lipinski definition) is 0. The maximum atomic E-state index is 5.52. The van der Waals surface area contributed by atoms with Crippen molar-refractivity contribution in [2.24, 2.45) is 4.99 Å². The number of hydrogen-bond acceptors (Lipinski definition) is 3. The minimum atomic E-state index is 0.652. The maximum Gasteiger partial charge on any atom is 0.121 e. The third kappa shape index (κ3) is 4.10. The zero-order valence-electron chi connectivity index (χ0n) is 14.9. The highest BCUT2D eigenvalue weighted by molar-refractivity contribution is 5.81. The fraction of sp³-hybridized carbons (Fsp3) is 0.190. The quantitative estimate of drug-likeness (QED) is 0.612. The molecule has 0 aliphatic carbocycles. The molecular weight excluding hydrogens is 310 g/mol. The molecule has 0 N–H and O–H groups in total. The third-order valence-corrected chi connectivity index (χ3v) is 3.90. The van der Waals surface area contributed by atoms with Crippen LogP contribution in [0.1, 0.15) is 12.6 Å². The first-order valence-electron chi connectivity index (χ1n) is 8.39. The van der Waals surface area contributed by atoms with E-state index >= 15 is 0 Å². The Balaban J connectivity index is 1.83. The van der Waals surface area contributed by atoms with Crippen LogP contribution in [0.5, 0.6) is 5.75 Å². The van der Waals surface area contributed by atoms with Gasteiger partial charge < -0.3 is 14.2 Å². The third-order valence-electron chi connectivity index (χ3n) is 3.90. The van der Waals surface area contributed by atoms with Crippen molar-refractivity contribution in [3.8, 4) is 11.4 Å². The molecule has 4 nitrogen and oxygen atoms in total. The van der Waals surface area contributed by atoms with Crippen molar-refractivity contribution in [3.63, 3.8) is 0 Å². The molecule has 25 heavy (non-hydrogen) atoms. The minimum absolute atomic E-state index is 0.652. The summed E-state index contributed by atoms with van der Waals surface area (Å²) in [6.07, 6.45) is 3.92. The Morgan fingerprint density at radius 1 is 1.04 bits per heavy atom. The van der Waals surface area contributed by atoms with Gasteiger partial charge in [-0.1, -0.05) is 6.07 Å². The van der Waals surface area contributed by atoms with Crippen molar-refractivity contribution in [3.05, 3.63) is 72.6 Å². The minimum Gasteiger partial charge on any atom is -0.494 e. The predicted molar refractivity (Wildman–Crippen MR) is 105 cm³/mol. The first-order chi connectivity index (χ1) is 12.2. The van der Waals surface area contributed by atoms with Crippen LogP contribution in [-0.4, -0.2) is 31.5 Å². The summed E-state index contributed by atoms with van der Waals surface area (Å²) in [5.41, 5.74) is 4.19. The largest absolute Gasteiger partial charge is 0.494 e. The van der Waals surface area contributed by atoms with Gasteiger partial charge in [0.05, 0.1) is 24.2 Å². The van der Waals surface area contributed by atoms with Gasteiger partial charge in [0.2, 0.25) is 0 Å². The van der Waals surface area contributed by atoms with Crippen molar-refractivity contribution in [1.82, 2.24) is 4.57 Å². The van der Waals surface area contributed by atoms with Crippen molar-refractivity contribution < 1.29 is 4.74 Å². The lowest BCUT2D eigenvalue weighted by Gasteiger charge is -2.13. The summed E-state index contributed by atoms with van der Waals surface area (Å²) in [6.45, 7) is 2.63. The fourth-order valence-corrected chi connectivity index (χ4v) is 2.61. The average molecular weight is 333 g/mol. The molecule has 0 fully saturated rings. The highest BCUT2D eigenvalue weighted by Crippen LogP contribution is 2.21. The van der Waals surface area contributed by atoms with Crippen LogP contribution in [0.3, 0.4) is 0 Å². The van der Waals surface area contributed by atoms with E-state index in [0.717, 1.165) is 22.8 Å². The van der Waals surface area contributed by atoms with E-state index in [2.05, 4.69) is 44.8 Å². The molecule has 3 aromatic rings. The van der Waals surface area contributed by atoms with E-state index < -0.39 is 0 Å². The van der Waals surface area contributed by atoms with Gasteiger partial charge in [0.1, 0.15) is 5.75 Å². The van der Waals surface area contributed by atoms with Crippen LogP contribution in [0.4, 0.5) is 11.4 Å². The van der Waals surface area contributed by atoms with Gasteiger partial charge in [-0.15, -0.1) is 0 Å². The molecule has 0 spiro atoms. The molecule has 0 saturated carbocycles. The molecule has 0 bridgehead atoms. The molecule has 0 amide bonds. The number of ether oxygens (including phenoxy) is 1. The first kappa shape index (κ1) is 16.8. The molecule has 4 heteroatoms. The Bertz CT molecular complexity index is 848. The molecule has 1 heterocycles.